The zero-order valence-corrected chi connectivity index (χ0v) is 16.7. The van der Waals surface area contributed by atoms with Crippen molar-refractivity contribution in [2.24, 2.45) is 0 Å². The second kappa shape index (κ2) is 8.11. The molecule has 0 saturated heterocycles. The highest BCUT2D eigenvalue weighted by Crippen LogP contribution is 2.30. The fraction of sp³-hybridized carbons (Fsp3) is 0.409. The van der Waals surface area contributed by atoms with Gasteiger partial charge in [0.15, 0.2) is 11.3 Å². The number of ketones is 1. The number of aromatic amines is 1. The molecule has 1 saturated carbocycles. The van der Waals surface area contributed by atoms with E-state index in [9.17, 15) is 9.59 Å². The normalized spacial score (nSPS) is 19.3. The Morgan fingerprint density at radius 1 is 1.34 bits per heavy atom. The Bertz CT molecular complexity index is 996. The van der Waals surface area contributed by atoms with Crippen LogP contribution in [-0.2, 0) is 19.1 Å². The third-order valence-electron chi connectivity index (χ3n) is 5.15. The summed E-state index contributed by atoms with van der Waals surface area (Å²) in [4.78, 5) is 33.0. The van der Waals surface area contributed by atoms with Gasteiger partial charge in [-0.25, -0.2) is 9.78 Å². The van der Waals surface area contributed by atoms with Crippen molar-refractivity contribution in [2.45, 2.75) is 58.1 Å². The molecule has 0 radical (unpaired) electrons. The van der Waals surface area contributed by atoms with E-state index in [-0.39, 0.29) is 29.4 Å². The average Bonchev–Trinajstić information content (AvgIpc) is 3.24. The maximum atomic E-state index is 13.0. The first-order chi connectivity index (χ1) is 14.0. The molecule has 2 aliphatic rings. The van der Waals surface area contributed by atoms with Crippen molar-refractivity contribution < 1.29 is 19.1 Å². The first kappa shape index (κ1) is 19.2. The van der Waals surface area contributed by atoms with Crippen molar-refractivity contribution in [3.8, 4) is 0 Å². The number of aromatic nitrogens is 2. The van der Waals surface area contributed by atoms with Crippen LogP contribution in [0, 0.1) is 0 Å². The van der Waals surface area contributed by atoms with Gasteiger partial charge in [0.2, 0.25) is 11.7 Å². The van der Waals surface area contributed by atoms with E-state index in [1.165, 1.54) is 6.42 Å². The molecule has 7 nitrogen and oxygen atoms in total. The molecule has 0 bridgehead atoms. The Hall–Kier alpha value is -3.09. The molecule has 1 aliphatic heterocycles. The lowest BCUT2D eigenvalue weighted by Gasteiger charge is -2.24. The monoisotopic (exact) mass is 395 g/mol. The maximum absolute atomic E-state index is 13.0. The highest BCUT2D eigenvalue weighted by molar-refractivity contribution is 6.26. The number of hydrogen-bond donors (Lipinski definition) is 2. The van der Waals surface area contributed by atoms with Crippen molar-refractivity contribution >= 4 is 28.9 Å². The van der Waals surface area contributed by atoms with Crippen LogP contribution in [0.2, 0.25) is 0 Å². The van der Waals surface area contributed by atoms with E-state index in [1.54, 1.807) is 32.3 Å². The zero-order valence-electron chi connectivity index (χ0n) is 16.7. The van der Waals surface area contributed by atoms with Gasteiger partial charge < -0.3 is 19.8 Å². The molecular formula is C22H25N3O4. The minimum absolute atomic E-state index is 0.0616. The molecule has 3 heterocycles. The summed E-state index contributed by atoms with van der Waals surface area (Å²) in [7, 11) is 0. The molecule has 0 spiro atoms. The Labute approximate surface area is 169 Å². The Kier molecular flexibility index (Phi) is 5.38. The first-order valence-electron chi connectivity index (χ1n) is 10.1. The molecule has 2 aromatic heterocycles. The molecule has 0 atom stereocenters. The van der Waals surface area contributed by atoms with Gasteiger partial charge in [0, 0.05) is 29.4 Å². The molecule has 29 heavy (non-hydrogen) atoms. The van der Waals surface area contributed by atoms with Gasteiger partial charge in [-0.3, -0.25) is 4.79 Å². The van der Waals surface area contributed by atoms with Crippen LogP contribution in [-0.4, -0.2) is 33.9 Å². The van der Waals surface area contributed by atoms with Crippen LogP contribution in [0.4, 0.5) is 0 Å². The van der Waals surface area contributed by atoms with E-state index in [2.05, 4.69) is 15.3 Å². The molecular weight excluding hydrogens is 370 g/mol. The number of carbonyl (C=O) groups is 2. The summed E-state index contributed by atoms with van der Waals surface area (Å²) in [6.45, 7) is 3.51. The summed E-state index contributed by atoms with van der Waals surface area (Å²) in [5, 5.41) is 4.15. The van der Waals surface area contributed by atoms with Gasteiger partial charge in [-0.05, 0) is 44.9 Å². The molecule has 152 valence electrons. The molecule has 1 fully saturated rings. The minimum Gasteiger partial charge on any atom is -0.459 e. The quantitative estimate of drug-likeness (QED) is 0.457. The number of esters is 1. The number of ether oxygens (including phenoxy) is 2. The summed E-state index contributed by atoms with van der Waals surface area (Å²) < 4.78 is 11.2. The fourth-order valence-electron chi connectivity index (χ4n) is 3.76. The molecule has 2 aromatic rings. The number of Topliss-reactive ketones (excluding diaryl/α,β-unsaturated/α-hetero) is 1. The van der Waals surface area contributed by atoms with Crippen molar-refractivity contribution in [3.05, 3.63) is 47.3 Å². The molecule has 0 aromatic carbocycles. The topological polar surface area (TPSA) is 93.3 Å². The van der Waals surface area contributed by atoms with E-state index >= 15 is 0 Å². The van der Waals surface area contributed by atoms with Gasteiger partial charge in [0.05, 0.1) is 6.10 Å². The predicted molar refractivity (Wildman–Crippen MR) is 108 cm³/mol. The van der Waals surface area contributed by atoms with Gasteiger partial charge in [-0.2, -0.15) is 0 Å². The van der Waals surface area contributed by atoms with E-state index in [1.807, 2.05) is 12.1 Å². The highest BCUT2D eigenvalue weighted by atomic mass is 16.5. The SMILES string of the molecule is CC(C)OC(=O)C1=C(NC2CCCCC2)OC(=Cc2c[nH]c3ncccc23)C1=O. The van der Waals surface area contributed by atoms with Crippen molar-refractivity contribution in [2.75, 3.05) is 0 Å². The average molecular weight is 395 g/mol. The van der Waals surface area contributed by atoms with Crippen LogP contribution >= 0.6 is 0 Å². The van der Waals surface area contributed by atoms with Crippen molar-refractivity contribution in [3.63, 3.8) is 0 Å². The van der Waals surface area contributed by atoms with Gasteiger partial charge in [-0.1, -0.05) is 19.3 Å². The molecule has 1 aliphatic carbocycles. The zero-order chi connectivity index (χ0) is 20.4. The van der Waals surface area contributed by atoms with Crippen LogP contribution < -0.4 is 5.32 Å². The molecule has 4 rings (SSSR count). The number of nitrogens with one attached hydrogen (secondary N) is 2. The standard InChI is InChI=1S/C22H25N3O4/c1-13(2)28-22(27)18-19(26)17(29-21(18)25-15-7-4-3-5-8-15)11-14-12-24-20-16(14)9-6-10-23-20/h6,9-13,15,25H,3-5,7-8H2,1-2H3,(H,23,24). The van der Waals surface area contributed by atoms with Crippen LogP contribution in [0.1, 0.15) is 51.5 Å². The number of hydrogen-bond acceptors (Lipinski definition) is 6. The summed E-state index contributed by atoms with van der Waals surface area (Å²) in [6, 6.07) is 3.92. The predicted octanol–water partition coefficient (Wildman–Crippen LogP) is 3.59. The van der Waals surface area contributed by atoms with Crippen LogP contribution in [0.5, 0.6) is 0 Å². The van der Waals surface area contributed by atoms with E-state index < -0.39 is 11.8 Å². The van der Waals surface area contributed by atoms with Crippen molar-refractivity contribution in [1.82, 2.24) is 15.3 Å². The van der Waals surface area contributed by atoms with Gasteiger partial charge >= 0.3 is 5.97 Å². The van der Waals surface area contributed by atoms with Crippen molar-refractivity contribution in [1.29, 1.82) is 0 Å². The molecule has 0 amide bonds. The lowest BCUT2D eigenvalue weighted by Crippen LogP contribution is -2.32. The van der Waals surface area contributed by atoms with Gasteiger partial charge in [0.1, 0.15) is 5.65 Å². The first-order valence-corrected chi connectivity index (χ1v) is 10.1. The number of nitrogens with zero attached hydrogens (tertiary/aromatic N) is 1. The van der Waals surface area contributed by atoms with Gasteiger partial charge in [0.25, 0.3) is 0 Å². The smallest absolute Gasteiger partial charge is 0.348 e. The minimum atomic E-state index is -0.660. The summed E-state index contributed by atoms with van der Waals surface area (Å²) in [6.07, 6.45) is 10.2. The number of allylic oxidation sites excluding steroid dienone is 1. The number of rotatable bonds is 5. The Morgan fingerprint density at radius 3 is 2.90 bits per heavy atom. The van der Waals surface area contributed by atoms with Crippen LogP contribution in [0.3, 0.4) is 0 Å². The summed E-state index contributed by atoms with van der Waals surface area (Å²) in [5.74, 6) is -0.819. The number of pyridine rings is 1. The fourth-order valence-corrected chi connectivity index (χ4v) is 3.76. The number of H-pyrrole nitrogens is 1. The number of carbonyl (C=O) groups excluding carboxylic acids is 2. The third-order valence-corrected chi connectivity index (χ3v) is 5.15. The molecule has 7 heteroatoms. The largest absolute Gasteiger partial charge is 0.459 e. The Morgan fingerprint density at radius 2 is 2.14 bits per heavy atom. The van der Waals surface area contributed by atoms with Crippen LogP contribution in [0.15, 0.2) is 41.7 Å². The summed E-state index contributed by atoms with van der Waals surface area (Å²) >= 11 is 0. The lowest BCUT2D eigenvalue weighted by atomic mass is 9.95. The van der Waals surface area contributed by atoms with E-state index in [0.29, 0.717) is 0 Å². The molecule has 2 N–H and O–H groups in total. The second-order valence-corrected chi connectivity index (χ2v) is 7.72. The maximum Gasteiger partial charge on any atom is 0.348 e. The second-order valence-electron chi connectivity index (χ2n) is 7.72. The van der Waals surface area contributed by atoms with E-state index in [0.717, 1.165) is 42.3 Å². The van der Waals surface area contributed by atoms with Gasteiger partial charge in [-0.15, -0.1) is 0 Å². The van der Waals surface area contributed by atoms with E-state index in [4.69, 9.17) is 9.47 Å². The highest BCUT2D eigenvalue weighted by Gasteiger charge is 2.38. The number of fused-ring (bicyclic) bond motifs is 1. The summed E-state index contributed by atoms with van der Waals surface area (Å²) in [5.41, 5.74) is 1.43. The Balaban J connectivity index is 1.65. The molecule has 0 unspecified atom stereocenters. The lowest BCUT2D eigenvalue weighted by molar-refractivity contribution is -0.143. The van der Waals surface area contributed by atoms with Crippen LogP contribution in [0.25, 0.3) is 17.1 Å². The third kappa shape index (κ3) is 4.04.